The second-order valence-electron chi connectivity index (χ2n) is 11.7. The van der Waals surface area contributed by atoms with Gasteiger partial charge in [-0.05, 0) is 60.4 Å². The van der Waals surface area contributed by atoms with E-state index in [-0.39, 0.29) is 25.1 Å². The molecule has 4 aromatic carbocycles. The van der Waals surface area contributed by atoms with Crippen LogP contribution in [0.2, 0.25) is 0 Å². The fourth-order valence-electron chi connectivity index (χ4n) is 5.15. The molecule has 1 aromatic heterocycles. The number of hydrogen-bond donors (Lipinski definition) is 4. The lowest BCUT2D eigenvalue weighted by atomic mass is 9.84. The van der Waals surface area contributed by atoms with Crippen LogP contribution in [0.15, 0.2) is 91.0 Å². The molecule has 0 spiro atoms. The number of rotatable bonds is 12. The lowest BCUT2D eigenvalue weighted by Gasteiger charge is -2.26. The molecule has 0 atom stereocenters. The summed E-state index contributed by atoms with van der Waals surface area (Å²) in [6.45, 7) is 2.24. The topological polar surface area (TPSA) is 108 Å². The van der Waals surface area contributed by atoms with Gasteiger partial charge in [-0.2, -0.15) is 23.1 Å². The zero-order valence-electron chi connectivity index (χ0n) is 25.6. The first kappa shape index (κ1) is 32.9. The van der Waals surface area contributed by atoms with Gasteiger partial charge in [0, 0.05) is 17.8 Å². The average Bonchev–Trinajstić information content (AvgIpc) is 3.06. The van der Waals surface area contributed by atoms with Gasteiger partial charge in [0.2, 0.25) is 0 Å². The molecule has 0 aliphatic rings. The molecule has 4 N–H and O–H groups in total. The van der Waals surface area contributed by atoms with Crippen molar-refractivity contribution in [3.8, 4) is 6.01 Å². The number of nitrogens with zero attached hydrogens (tertiary/aromatic N) is 2. The van der Waals surface area contributed by atoms with Crippen LogP contribution in [0, 0.1) is 19.3 Å². The van der Waals surface area contributed by atoms with Crippen LogP contribution in [0.5, 0.6) is 6.01 Å². The summed E-state index contributed by atoms with van der Waals surface area (Å²) < 4.78 is 45.9. The van der Waals surface area contributed by atoms with Gasteiger partial charge in [-0.3, -0.25) is 0 Å². The Labute approximate surface area is 265 Å². The second-order valence-corrected chi connectivity index (χ2v) is 11.7. The van der Waals surface area contributed by atoms with Gasteiger partial charge in [-0.25, -0.2) is 0 Å². The number of aliphatic hydroxyl groups is 3. The molecule has 0 saturated heterocycles. The molecule has 0 unspecified atom stereocenters. The van der Waals surface area contributed by atoms with Crippen molar-refractivity contribution in [2.24, 2.45) is 5.41 Å². The number of anilines is 1. The zero-order valence-corrected chi connectivity index (χ0v) is 25.6. The third kappa shape index (κ3) is 7.47. The molecule has 5 aromatic rings. The molecule has 5 rings (SSSR count). The van der Waals surface area contributed by atoms with Crippen molar-refractivity contribution in [3.63, 3.8) is 0 Å². The average molecular weight is 632 g/mol. The molecule has 1 heterocycles. The van der Waals surface area contributed by atoms with Gasteiger partial charge in [0.05, 0.1) is 36.3 Å². The minimum Gasteiger partial charge on any atom is -0.463 e. The number of halogens is 3. The molecule has 0 amide bonds. The molecule has 46 heavy (non-hydrogen) atoms. The summed E-state index contributed by atoms with van der Waals surface area (Å²) in [5.74, 6) is 0.200. The van der Waals surface area contributed by atoms with E-state index in [0.717, 1.165) is 39.9 Å². The number of benzene rings is 4. The van der Waals surface area contributed by atoms with Gasteiger partial charge in [0.1, 0.15) is 12.4 Å². The molecule has 7 nitrogen and oxygen atoms in total. The Morgan fingerprint density at radius 3 is 1.89 bits per heavy atom. The largest absolute Gasteiger partial charge is 0.463 e. The van der Waals surface area contributed by atoms with Crippen molar-refractivity contribution in [2.45, 2.75) is 32.5 Å². The van der Waals surface area contributed by atoms with Crippen LogP contribution in [0.3, 0.4) is 0 Å². The maximum Gasteiger partial charge on any atom is 0.416 e. The Kier molecular flexibility index (Phi) is 9.91. The monoisotopic (exact) mass is 631 g/mol. The van der Waals surface area contributed by atoms with E-state index in [0.29, 0.717) is 22.3 Å². The number of fused-ring (bicyclic) bond motifs is 1. The number of nitrogens with one attached hydrogen (secondary N) is 1. The van der Waals surface area contributed by atoms with Crippen molar-refractivity contribution >= 4 is 16.7 Å². The summed E-state index contributed by atoms with van der Waals surface area (Å²) in [5, 5.41) is 33.0. The quantitative estimate of drug-likeness (QED) is 0.118. The van der Waals surface area contributed by atoms with Crippen molar-refractivity contribution in [1.82, 2.24) is 9.97 Å². The molecular formula is C36H36F3N3O4. The number of ether oxygens (including phenoxy) is 1. The predicted octanol–water partition coefficient (Wildman–Crippen LogP) is 6.40. The van der Waals surface area contributed by atoms with Crippen LogP contribution in [0.4, 0.5) is 19.0 Å². The van der Waals surface area contributed by atoms with E-state index in [1.807, 2.05) is 32.0 Å². The van der Waals surface area contributed by atoms with Crippen molar-refractivity contribution in [3.05, 3.63) is 130 Å². The highest BCUT2D eigenvalue weighted by atomic mass is 19.4. The zero-order chi connectivity index (χ0) is 32.9. The van der Waals surface area contributed by atoms with Crippen molar-refractivity contribution < 1.29 is 33.2 Å². The Morgan fingerprint density at radius 2 is 1.33 bits per heavy atom. The highest BCUT2D eigenvalue weighted by Crippen LogP contribution is 2.36. The Morgan fingerprint density at radius 1 is 0.739 bits per heavy atom. The number of aryl methyl sites for hydroxylation is 2. The van der Waals surface area contributed by atoms with E-state index in [1.54, 1.807) is 6.07 Å². The standard InChI is InChI=1S/C36H36F3N3O4/c1-23-6-10-26(11-7-23)32(27-12-8-24(2)9-13-27)28-14-15-31-30(17-28)33(40-18-25-4-3-5-29(16-25)36(37,38)39)42-34(41-31)46-22-35(19-43,20-44)21-45/h3-17,32,43-45H,18-22H2,1-2H3,(H,40,41,42). The number of aromatic nitrogens is 2. The SMILES string of the molecule is Cc1ccc(C(c2ccc(C)cc2)c2ccc3nc(OCC(CO)(CO)CO)nc(NCc4cccc(C(F)(F)F)c4)c3c2)cc1. The fraction of sp³-hybridized carbons (Fsp3) is 0.278. The van der Waals surface area contributed by atoms with E-state index >= 15 is 0 Å². The Bertz CT molecular complexity index is 1720. The molecule has 0 aliphatic heterocycles. The lowest BCUT2D eigenvalue weighted by Crippen LogP contribution is -2.40. The van der Waals surface area contributed by atoms with Crippen molar-refractivity contribution in [2.75, 3.05) is 31.7 Å². The van der Waals surface area contributed by atoms with Crippen LogP contribution < -0.4 is 10.1 Å². The van der Waals surface area contributed by atoms with Gasteiger partial charge in [-0.15, -0.1) is 0 Å². The van der Waals surface area contributed by atoms with E-state index in [9.17, 15) is 28.5 Å². The minimum atomic E-state index is -4.48. The summed E-state index contributed by atoms with van der Waals surface area (Å²) in [7, 11) is 0. The van der Waals surface area contributed by atoms with Gasteiger partial charge >= 0.3 is 12.2 Å². The van der Waals surface area contributed by atoms with Crippen LogP contribution in [-0.2, 0) is 12.7 Å². The molecular weight excluding hydrogens is 595 g/mol. The summed E-state index contributed by atoms with van der Waals surface area (Å²) in [4.78, 5) is 9.10. The third-order valence-corrected chi connectivity index (χ3v) is 8.08. The van der Waals surface area contributed by atoms with Gasteiger partial charge in [0.25, 0.3) is 0 Å². The Balaban J connectivity index is 1.59. The second kappa shape index (κ2) is 13.9. The fourth-order valence-corrected chi connectivity index (χ4v) is 5.15. The molecule has 10 heteroatoms. The van der Waals surface area contributed by atoms with Crippen LogP contribution in [-0.4, -0.2) is 51.7 Å². The summed E-state index contributed by atoms with van der Waals surface area (Å²) in [6.07, 6.45) is -4.48. The van der Waals surface area contributed by atoms with E-state index in [2.05, 4.69) is 63.8 Å². The third-order valence-electron chi connectivity index (χ3n) is 8.08. The van der Waals surface area contributed by atoms with Crippen LogP contribution in [0.25, 0.3) is 10.9 Å². The van der Waals surface area contributed by atoms with Crippen LogP contribution >= 0.6 is 0 Å². The van der Waals surface area contributed by atoms with Crippen molar-refractivity contribution in [1.29, 1.82) is 0 Å². The molecule has 0 bridgehead atoms. The number of alkyl halides is 3. The molecule has 0 radical (unpaired) electrons. The molecule has 240 valence electrons. The molecule has 0 aliphatic carbocycles. The van der Waals surface area contributed by atoms with Gasteiger partial charge in [-0.1, -0.05) is 77.9 Å². The van der Waals surface area contributed by atoms with Gasteiger partial charge < -0.3 is 25.4 Å². The first-order valence-electron chi connectivity index (χ1n) is 14.8. The first-order valence-corrected chi connectivity index (χ1v) is 14.8. The van der Waals surface area contributed by atoms with E-state index in [1.165, 1.54) is 6.07 Å². The summed E-state index contributed by atoms with van der Waals surface area (Å²) in [5.41, 5.74) is 4.24. The van der Waals surface area contributed by atoms with E-state index < -0.39 is 37.0 Å². The lowest BCUT2D eigenvalue weighted by molar-refractivity contribution is -0.137. The maximum absolute atomic E-state index is 13.4. The van der Waals surface area contributed by atoms with E-state index in [4.69, 9.17) is 4.74 Å². The number of hydrogen-bond acceptors (Lipinski definition) is 7. The summed E-state index contributed by atoms with van der Waals surface area (Å²) in [6, 6.07) is 27.4. The molecule has 0 saturated carbocycles. The normalized spacial score (nSPS) is 12.1. The Hall–Kier alpha value is -4.51. The highest BCUT2D eigenvalue weighted by molar-refractivity contribution is 5.90. The molecule has 0 fully saturated rings. The first-order chi connectivity index (χ1) is 22.0. The predicted molar refractivity (Wildman–Crippen MR) is 171 cm³/mol. The number of aliphatic hydroxyl groups excluding tert-OH is 3. The smallest absolute Gasteiger partial charge is 0.416 e. The van der Waals surface area contributed by atoms with Gasteiger partial charge in [0.15, 0.2) is 0 Å². The van der Waals surface area contributed by atoms with Crippen LogP contribution in [0.1, 0.15) is 44.9 Å². The minimum absolute atomic E-state index is 0.0346. The summed E-state index contributed by atoms with van der Waals surface area (Å²) >= 11 is 0. The highest BCUT2D eigenvalue weighted by Gasteiger charge is 2.31. The maximum atomic E-state index is 13.4.